The van der Waals surface area contributed by atoms with E-state index in [0.717, 1.165) is 25.7 Å². The van der Waals surface area contributed by atoms with Crippen LogP contribution in [0.25, 0.3) is 0 Å². The predicted molar refractivity (Wildman–Crippen MR) is 137 cm³/mol. The molecule has 1 saturated heterocycles. The normalized spacial score (nSPS) is 22.0. The van der Waals surface area contributed by atoms with Crippen molar-refractivity contribution in [1.29, 1.82) is 0 Å². The molecule has 1 aromatic carbocycles. The van der Waals surface area contributed by atoms with Gasteiger partial charge in [0.25, 0.3) is 5.91 Å². The number of nitrogens with two attached hydrogens (primary N) is 2. The van der Waals surface area contributed by atoms with E-state index in [1.165, 1.54) is 29.5 Å². The number of benzene rings is 1. The maximum atomic E-state index is 13.4. The summed E-state index contributed by atoms with van der Waals surface area (Å²) in [6.07, 6.45) is 6.50. The summed E-state index contributed by atoms with van der Waals surface area (Å²) in [5, 5.41) is 9.99. The van der Waals surface area contributed by atoms with E-state index in [1.54, 1.807) is 25.4 Å². The number of halogens is 1. The number of likely N-dealkylation sites (tertiary alicyclic amines) is 1. The summed E-state index contributed by atoms with van der Waals surface area (Å²) in [6.45, 7) is 2.03. The Hall–Kier alpha value is -3.21. The molecule has 0 bridgehead atoms. The van der Waals surface area contributed by atoms with E-state index in [2.05, 4.69) is 16.0 Å². The van der Waals surface area contributed by atoms with Gasteiger partial charge in [-0.25, -0.2) is 9.18 Å². The molecule has 2 aliphatic rings. The zero-order valence-electron chi connectivity index (χ0n) is 21.7. The van der Waals surface area contributed by atoms with Gasteiger partial charge < -0.3 is 31.9 Å². The second-order valence-electron chi connectivity index (χ2n) is 10.2. The molecule has 0 aromatic heterocycles. The largest absolute Gasteiger partial charge is 0.368 e. The molecule has 1 aliphatic carbocycles. The Balaban J connectivity index is 1.69. The van der Waals surface area contributed by atoms with E-state index in [0.29, 0.717) is 24.4 Å². The minimum Gasteiger partial charge on any atom is -0.368 e. The number of anilines is 1. The number of nitrogens with one attached hydrogen (secondary N) is 3. The Bertz CT molecular complexity index is 970. The van der Waals surface area contributed by atoms with Gasteiger partial charge in [-0.2, -0.15) is 0 Å². The van der Waals surface area contributed by atoms with Gasteiger partial charge in [0.1, 0.15) is 17.9 Å². The van der Waals surface area contributed by atoms with Gasteiger partial charge in [0, 0.05) is 18.3 Å². The van der Waals surface area contributed by atoms with Crippen molar-refractivity contribution in [2.24, 2.45) is 11.7 Å². The van der Waals surface area contributed by atoms with Crippen LogP contribution in [0.1, 0.15) is 58.3 Å². The molecule has 1 aromatic rings. The Morgan fingerprint density at radius 2 is 1.89 bits per heavy atom. The molecule has 11 heteroatoms. The third-order valence-electron chi connectivity index (χ3n) is 7.45. The van der Waals surface area contributed by atoms with E-state index in [9.17, 15) is 23.6 Å². The van der Waals surface area contributed by atoms with Crippen molar-refractivity contribution in [1.82, 2.24) is 15.5 Å². The van der Waals surface area contributed by atoms with Gasteiger partial charge in [-0.05, 0) is 50.3 Å². The van der Waals surface area contributed by atoms with Crippen LogP contribution in [0.15, 0.2) is 24.3 Å². The van der Waals surface area contributed by atoms with E-state index in [-0.39, 0.29) is 24.9 Å². The first kappa shape index (κ1) is 28.4. The quantitative estimate of drug-likeness (QED) is 0.328. The summed E-state index contributed by atoms with van der Waals surface area (Å²) in [5.74, 6) is -1.37. The van der Waals surface area contributed by atoms with Crippen molar-refractivity contribution in [3.63, 3.8) is 0 Å². The van der Waals surface area contributed by atoms with Crippen molar-refractivity contribution in [2.45, 2.75) is 82.5 Å². The zero-order chi connectivity index (χ0) is 26.9. The van der Waals surface area contributed by atoms with Gasteiger partial charge in [-0.3, -0.25) is 14.4 Å². The number of piperidine rings is 1. The van der Waals surface area contributed by atoms with Crippen molar-refractivity contribution in [3.8, 4) is 0 Å². The summed E-state index contributed by atoms with van der Waals surface area (Å²) < 4.78 is 13.4. The number of carbonyl (C=O) groups excluding carboxylic acids is 4. The lowest BCUT2D eigenvalue weighted by Crippen LogP contribution is -2.88. The number of hydrogen-bond donors (Lipinski definition) is 5. The van der Waals surface area contributed by atoms with Gasteiger partial charge in [-0.1, -0.05) is 38.2 Å². The molecule has 1 heterocycles. The van der Waals surface area contributed by atoms with E-state index < -0.39 is 41.8 Å². The van der Waals surface area contributed by atoms with Crippen LogP contribution in [-0.4, -0.2) is 66.4 Å². The average Bonchev–Trinajstić information content (AvgIpc) is 2.87. The van der Waals surface area contributed by atoms with Crippen molar-refractivity contribution in [3.05, 3.63) is 30.1 Å². The van der Waals surface area contributed by atoms with Crippen LogP contribution >= 0.6 is 0 Å². The highest BCUT2D eigenvalue weighted by Gasteiger charge is 2.40. The number of likely N-dealkylation sites (N-methyl/N-ethyl adjacent to an activating group) is 1. The number of nitrogens with zero attached hydrogens (tertiary/aromatic N) is 1. The fourth-order valence-corrected chi connectivity index (χ4v) is 5.20. The van der Waals surface area contributed by atoms with Crippen LogP contribution in [0.2, 0.25) is 0 Å². The van der Waals surface area contributed by atoms with Crippen LogP contribution < -0.4 is 27.0 Å². The van der Waals surface area contributed by atoms with Gasteiger partial charge in [0.2, 0.25) is 11.8 Å². The lowest BCUT2D eigenvalue weighted by molar-refractivity contribution is -0.647. The highest BCUT2D eigenvalue weighted by Crippen LogP contribution is 2.27. The summed E-state index contributed by atoms with van der Waals surface area (Å²) in [7, 11) is 1.79. The molecule has 37 heavy (non-hydrogen) atoms. The first-order valence-electron chi connectivity index (χ1n) is 13.2. The summed E-state index contributed by atoms with van der Waals surface area (Å²) in [6, 6.07) is 2.55. The third kappa shape index (κ3) is 8.14. The minimum atomic E-state index is -0.865. The van der Waals surface area contributed by atoms with E-state index in [4.69, 9.17) is 5.73 Å². The number of hydrogen-bond acceptors (Lipinski definition) is 4. The number of primary amides is 1. The van der Waals surface area contributed by atoms with E-state index >= 15 is 0 Å². The van der Waals surface area contributed by atoms with Crippen molar-refractivity contribution < 1.29 is 28.9 Å². The summed E-state index contributed by atoms with van der Waals surface area (Å²) in [4.78, 5) is 52.8. The first-order valence-corrected chi connectivity index (χ1v) is 13.2. The summed E-state index contributed by atoms with van der Waals surface area (Å²) in [5.41, 5.74) is 5.95. The molecule has 4 atom stereocenters. The van der Waals surface area contributed by atoms with Gasteiger partial charge >= 0.3 is 6.03 Å². The first-order chi connectivity index (χ1) is 17.7. The molecule has 7 N–H and O–H groups in total. The lowest BCUT2D eigenvalue weighted by Gasteiger charge is -2.39. The molecule has 2 fully saturated rings. The maximum Gasteiger partial charge on any atom is 0.319 e. The molecule has 204 valence electrons. The second-order valence-corrected chi connectivity index (χ2v) is 10.2. The molecule has 1 aliphatic heterocycles. The average molecular weight is 520 g/mol. The zero-order valence-corrected chi connectivity index (χ0v) is 21.7. The standard InChI is InChI=1S/C26H39FN6O4/c1-16(29-2)25(36)33-12-11-20(31-26(37)30-19-10-6-9-18(27)14-19)15-22(33)24(35)32-21(23(28)34)13-17-7-4-3-5-8-17/h6,9-10,14,16-17,20-22,29H,3-5,7-8,11-13,15H2,1-2H3,(H2,28,34)(H,32,35)(H2,30,31,37)/p+1/t16-,20-,21-,22-/m0/s1. The third-order valence-corrected chi connectivity index (χ3v) is 7.45. The fraction of sp³-hybridized carbons (Fsp3) is 0.615. The molecule has 0 spiro atoms. The van der Waals surface area contributed by atoms with E-state index in [1.807, 2.05) is 0 Å². The molecule has 0 radical (unpaired) electrons. The smallest absolute Gasteiger partial charge is 0.319 e. The van der Waals surface area contributed by atoms with Crippen molar-refractivity contribution >= 4 is 29.4 Å². The highest BCUT2D eigenvalue weighted by molar-refractivity contribution is 5.93. The number of urea groups is 1. The molecular formula is C26H40FN6O4+. The molecule has 5 amide bonds. The Morgan fingerprint density at radius 3 is 2.54 bits per heavy atom. The Labute approximate surface area is 217 Å². The lowest BCUT2D eigenvalue weighted by atomic mass is 9.84. The van der Waals surface area contributed by atoms with Crippen LogP contribution in [0, 0.1) is 11.7 Å². The second kappa shape index (κ2) is 13.4. The predicted octanol–water partition coefficient (Wildman–Crippen LogP) is 0.829. The van der Waals surface area contributed by atoms with Crippen LogP contribution in [-0.2, 0) is 14.4 Å². The number of quaternary nitrogens is 1. The van der Waals surface area contributed by atoms with Crippen molar-refractivity contribution in [2.75, 3.05) is 18.9 Å². The Morgan fingerprint density at radius 1 is 1.16 bits per heavy atom. The molecule has 0 unspecified atom stereocenters. The van der Waals surface area contributed by atoms with Crippen LogP contribution in [0.4, 0.5) is 14.9 Å². The molecule has 3 rings (SSSR count). The van der Waals surface area contributed by atoms with Gasteiger partial charge in [0.05, 0.1) is 7.05 Å². The molecule has 1 saturated carbocycles. The molecule has 10 nitrogen and oxygen atoms in total. The summed E-state index contributed by atoms with van der Waals surface area (Å²) >= 11 is 0. The number of amides is 5. The highest BCUT2D eigenvalue weighted by atomic mass is 19.1. The fourth-order valence-electron chi connectivity index (χ4n) is 5.20. The topological polar surface area (TPSA) is 150 Å². The SMILES string of the molecule is C[NH2+][C@@H](C)C(=O)N1CC[C@H](NC(=O)Nc2cccc(F)c2)C[C@H]1C(=O)N[C@@H](CC1CCCCC1)C(N)=O. The van der Waals surface area contributed by atoms with Gasteiger partial charge in [-0.15, -0.1) is 0 Å². The minimum absolute atomic E-state index is 0.180. The van der Waals surface area contributed by atoms with Crippen LogP contribution in [0.5, 0.6) is 0 Å². The van der Waals surface area contributed by atoms with Gasteiger partial charge in [0.15, 0.2) is 6.04 Å². The maximum absolute atomic E-state index is 13.4. The monoisotopic (exact) mass is 519 g/mol. The van der Waals surface area contributed by atoms with Crippen LogP contribution in [0.3, 0.4) is 0 Å². The number of carbonyl (C=O) groups is 4. The Kier molecular flexibility index (Phi) is 10.2. The molecular weight excluding hydrogens is 479 g/mol. The number of rotatable bonds is 9.